The van der Waals surface area contributed by atoms with Gasteiger partial charge in [-0.2, -0.15) is 0 Å². The van der Waals surface area contributed by atoms with E-state index >= 15 is 0 Å². The zero-order valence-corrected chi connectivity index (χ0v) is 13.6. The minimum absolute atomic E-state index is 0.0845. The number of amides is 1. The van der Waals surface area contributed by atoms with Crippen LogP contribution in [0.3, 0.4) is 0 Å². The second kappa shape index (κ2) is 7.40. The van der Waals surface area contributed by atoms with E-state index in [4.69, 9.17) is 9.47 Å². The van der Waals surface area contributed by atoms with Gasteiger partial charge in [-0.05, 0) is 42.8 Å². The maximum Gasteiger partial charge on any atom is 0.407 e. The summed E-state index contributed by atoms with van der Waals surface area (Å²) in [5.41, 5.74) is -0.356. The van der Waals surface area contributed by atoms with E-state index in [0.717, 1.165) is 6.07 Å². The Labute approximate surface area is 130 Å². The largest absolute Gasteiger partial charge is 0.491 e. The first-order valence-electron chi connectivity index (χ1n) is 6.27. The predicted octanol–water partition coefficient (Wildman–Crippen LogP) is 3.30. The lowest BCUT2D eigenvalue weighted by Crippen LogP contribution is -2.34. The van der Waals surface area contributed by atoms with E-state index in [1.165, 1.54) is 6.07 Å². The van der Waals surface area contributed by atoms with Gasteiger partial charge < -0.3 is 14.8 Å². The maximum atomic E-state index is 13.4. The van der Waals surface area contributed by atoms with E-state index in [0.29, 0.717) is 6.29 Å². The van der Waals surface area contributed by atoms with Crippen molar-refractivity contribution in [1.82, 2.24) is 5.32 Å². The first-order valence-corrected chi connectivity index (χ1v) is 7.06. The van der Waals surface area contributed by atoms with Gasteiger partial charge in [0.25, 0.3) is 0 Å². The maximum absolute atomic E-state index is 13.4. The average Bonchev–Trinajstić information content (AvgIpc) is 2.36. The highest BCUT2D eigenvalue weighted by atomic mass is 79.9. The lowest BCUT2D eigenvalue weighted by atomic mass is 10.2. The molecule has 1 aromatic carbocycles. The van der Waals surface area contributed by atoms with Crippen molar-refractivity contribution in [2.75, 3.05) is 13.2 Å². The first-order chi connectivity index (χ1) is 9.73. The summed E-state index contributed by atoms with van der Waals surface area (Å²) >= 11 is 2.99. The molecule has 0 unspecified atom stereocenters. The van der Waals surface area contributed by atoms with E-state index in [9.17, 15) is 14.0 Å². The molecule has 0 saturated carbocycles. The van der Waals surface area contributed by atoms with Gasteiger partial charge in [-0.1, -0.05) is 0 Å². The third-order valence-corrected chi connectivity index (χ3v) is 2.82. The molecular weight excluding hydrogens is 345 g/mol. The minimum Gasteiger partial charge on any atom is -0.491 e. The fraction of sp³-hybridized carbons (Fsp3) is 0.429. The van der Waals surface area contributed by atoms with E-state index < -0.39 is 17.5 Å². The summed E-state index contributed by atoms with van der Waals surface area (Å²) in [6, 6.07) is 2.44. The summed E-state index contributed by atoms with van der Waals surface area (Å²) in [4.78, 5) is 22.3. The molecule has 116 valence electrons. The number of ether oxygens (including phenoxy) is 2. The molecule has 5 nitrogen and oxygen atoms in total. The topological polar surface area (TPSA) is 64.6 Å². The van der Waals surface area contributed by atoms with E-state index in [1.807, 2.05) is 0 Å². The molecule has 0 atom stereocenters. The normalized spacial score (nSPS) is 10.9. The van der Waals surface area contributed by atoms with Gasteiger partial charge in [0.1, 0.15) is 23.8 Å². The smallest absolute Gasteiger partial charge is 0.407 e. The van der Waals surface area contributed by atoms with Gasteiger partial charge in [0.2, 0.25) is 0 Å². The Bertz CT molecular complexity index is 528. The second-order valence-corrected chi connectivity index (χ2v) is 6.05. The third kappa shape index (κ3) is 6.12. The standard InChI is InChI=1S/C14H17BrFNO4/c1-14(2,3)21-13(19)17-4-5-20-12-7-11(16)10(15)6-9(12)8-18/h6-8H,4-5H2,1-3H3,(H,17,19). The highest BCUT2D eigenvalue weighted by Gasteiger charge is 2.15. The number of hydrogen-bond donors (Lipinski definition) is 1. The Morgan fingerprint density at radius 1 is 1.43 bits per heavy atom. The SMILES string of the molecule is CC(C)(C)OC(=O)NCCOc1cc(F)c(Br)cc1C=O. The van der Waals surface area contributed by atoms with Crippen LogP contribution in [-0.4, -0.2) is 31.1 Å². The lowest BCUT2D eigenvalue weighted by molar-refractivity contribution is 0.0520. The second-order valence-electron chi connectivity index (χ2n) is 5.20. The quantitative estimate of drug-likeness (QED) is 0.645. The van der Waals surface area contributed by atoms with Crippen molar-refractivity contribution in [3.05, 3.63) is 28.0 Å². The number of halogens is 2. The summed E-state index contributed by atoms with van der Waals surface area (Å²) in [6.07, 6.45) is 0.00425. The van der Waals surface area contributed by atoms with Gasteiger partial charge >= 0.3 is 6.09 Å². The number of alkyl carbamates (subject to hydrolysis) is 1. The van der Waals surface area contributed by atoms with Gasteiger partial charge in [-0.25, -0.2) is 9.18 Å². The van der Waals surface area contributed by atoms with Crippen molar-refractivity contribution in [3.63, 3.8) is 0 Å². The number of carbonyl (C=O) groups is 2. The van der Waals surface area contributed by atoms with Gasteiger partial charge in [-0.15, -0.1) is 0 Å². The number of nitrogens with one attached hydrogen (secondary N) is 1. The zero-order chi connectivity index (χ0) is 16.0. The van der Waals surface area contributed by atoms with Crippen LogP contribution in [0.2, 0.25) is 0 Å². The molecule has 21 heavy (non-hydrogen) atoms. The summed E-state index contributed by atoms with van der Waals surface area (Å²) < 4.78 is 23.9. The molecule has 0 aliphatic rings. The Morgan fingerprint density at radius 3 is 2.67 bits per heavy atom. The molecule has 0 aromatic heterocycles. The molecular formula is C14H17BrFNO4. The number of rotatable bonds is 5. The third-order valence-electron chi connectivity index (χ3n) is 2.21. The van der Waals surface area contributed by atoms with Crippen LogP contribution in [-0.2, 0) is 4.74 Å². The van der Waals surface area contributed by atoms with Crippen molar-refractivity contribution in [1.29, 1.82) is 0 Å². The van der Waals surface area contributed by atoms with Gasteiger partial charge in [0.15, 0.2) is 6.29 Å². The Morgan fingerprint density at radius 2 is 2.10 bits per heavy atom. The first kappa shape index (κ1) is 17.4. The molecule has 0 aliphatic carbocycles. The molecule has 1 amide bonds. The fourth-order valence-corrected chi connectivity index (χ4v) is 1.75. The monoisotopic (exact) mass is 361 g/mol. The van der Waals surface area contributed by atoms with Gasteiger partial charge in [-0.3, -0.25) is 4.79 Å². The molecule has 0 heterocycles. The molecule has 0 saturated heterocycles. The molecule has 0 fully saturated rings. The number of aldehydes is 1. The zero-order valence-electron chi connectivity index (χ0n) is 12.0. The van der Waals surface area contributed by atoms with E-state index in [1.54, 1.807) is 20.8 Å². The molecule has 7 heteroatoms. The number of hydrogen-bond acceptors (Lipinski definition) is 4. The average molecular weight is 362 g/mol. The fourth-order valence-electron chi connectivity index (χ4n) is 1.39. The van der Waals surface area contributed by atoms with E-state index in [-0.39, 0.29) is 28.9 Å². The highest BCUT2D eigenvalue weighted by molar-refractivity contribution is 9.10. The Hall–Kier alpha value is -1.63. The van der Waals surface area contributed by atoms with Crippen LogP contribution >= 0.6 is 15.9 Å². The molecule has 1 N–H and O–H groups in total. The van der Waals surface area contributed by atoms with Crippen molar-refractivity contribution in [2.24, 2.45) is 0 Å². The van der Waals surface area contributed by atoms with E-state index in [2.05, 4.69) is 21.2 Å². The van der Waals surface area contributed by atoms with Gasteiger partial charge in [0.05, 0.1) is 16.6 Å². The van der Waals surface area contributed by atoms with Crippen LogP contribution in [0.5, 0.6) is 5.75 Å². The Balaban J connectivity index is 2.48. The van der Waals surface area contributed by atoms with Crippen molar-refractivity contribution in [3.8, 4) is 5.75 Å². The van der Waals surface area contributed by atoms with Crippen LogP contribution < -0.4 is 10.1 Å². The molecule has 1 rings (SSSR count). The van der Waals surface area contributed by atoms with Crippen LogP contribution in [0, 0.1) is 5.82 Å². The summed E-state index contributed by atoms with van der Waals surface area (Å²) in [6.45, 7) is 5.52. The summed E-state index contributed by atoms with van der Waals surface area (Å²) in [5, 5.41) is 2.50. The van der Waals surface area contributed by atoms with Crippen LogP contribution in [0.1, 0.15) is 31.1 Å². The summed E-state index contributed by atoms with van der Waals surface area (Å²) in [5.74, 6) is -0.410. The molecule has 0 aliphatic heterocycles. The number of benzene rings is 1. The number of carbonyl (C=O) groups excluding carboxylic acids is 2. The molecule has 0 radical (unpaired) electrons. The van der Waals surface area contributed by atoms with Crippen molar-refractivity contribution in [2.45, 2.75) is 26.4 Å². The van der Waals surface area contributed by atoms with Gasteiger partial charge in [0, 0.05) is 6.07 Å². The Kier molecular flexibility index (Phi) is 6.14. The highest BCUT2D eigenvalue weighted by Crippen LogP contribution is 2.25. The summed E-state index contributed by atoms with van der Waals surface area (Å²) in [7, 11) is 0. The van der Waals surface area contributed by atoms with Crippen molar-refractivity contribution >= 4 is 28.3 Å². The molecule has 0 spiro atoms. The van der Waals surface area contributed by atoms with Crippen LogP contribution in [0.4, 0.5) is 9.18 Å². The lowest BCUT2D eigenvalue weighted by Gasteiger charge is -2.19. The molecule has 1 aromatic rings. The predicted molar refractivity (Wildman–Crippen MR) is 79.2 cm³/mol. The van der Waals surface area contributed by atoms with Crippen LogP contribution in [0.25, 0.3) is 0 Å². The minimum atomic E-state index is -0.579. The molecule has 0 bridgehead atoms. The van der Waals surface area contributed by atoms with Crippen LogP contribution in [0.15, 0.2) is 16.6 Å². The van der Waals surface area contributed by atoms with Crippen molar-refractivity contribution < 1.29 is 23.5 Å².